The number of likely N-dealkylation sites (N-methyl/N-ethyl adjacent to an activating group) is 1. The lowest BCUT2D eigenvalue weighted by Gasteiger charge is -2.43. The number of hydrogen-bond donors (Lipinski definition) is 2. The van der Waals surface area contributed by atoms with Gasteiger partial charge in [0.15, 0.2) is 0 Å². The molecule has 0 aromatic rings. The molecule has 3 unspecified atom stereocenters. The topological polar surface area (TPSA) is 52.7 Å². The smallest absolute Gasteiger partial charge is 0.0601 e. The molecule has 0 aromatic heterocycles. The second-order valence-corrected chi connectivity index (χ2v) is 4.86. The summed E-state index contributed by atoms with van der Waals surface area (Å²) < 4.78 is 0. The summed E-state index contributed by atoms with van der Waals surface area (Å²) >= 11 is 0. The molecule has 96 valence electrons. The van der Waals surface area contributed by atoms with E-state index in [9.17, 15) is 5.11 Å². The number of rotatable bonds is 5. The fourth-order valence-corrected chi connectivity index (χ4v) is 2.51. The average Bonchev–Trinajstić information content (AvgIpc) is 2.31. The fourth-order valence-electron chi connectivity index (χ4n) is 2.51. The van der Waals surface area contributed by atoms with Crippen LogP contribution in [-0.4, -0.2) is 66.3 Å². The van der Waals surface area contributed by atoms with Crippen LogP contribution in [0.15, 0.2) is 0 Å². The van der Waals surface area contributed by atoms with Crippen molar-refractivity contribution in [3.8, 4) is 0 Å². The molecular formula is C12H27N3O. The van der Waals surface area contributed by atoms with Crippen LogP contribution in [0.1, 0.15) is 26.7 Å². The Kier molecular flexibility index (Phi) is 5.69. The zero-order chi connectivity index (χ0) is 12.1. The molecule has 0 amide bonds. The monoisotopic (exact) mass is 229 g/mol. The SMILES string of the molecule is CCC(N)C(CO)N1CCN(C)C(CC)C1. The Balaban J connectivity index is 2.58. The van der Waals surface area contributed by atoms with E-state index in [0.717, 1.165) is 32.5 Å². The van der Waals surface area contributed by atoms with Crippen LogP contribution in [-0.2, 0) is 0 Å². The third-order valence-corrected chi connectivity index (χ3v) is 3.90. The van der Waals surface area contributed by atoms with E-state index in [4.69, 9.17) is 5.73 Å². The van der Waals surface area contributed by atoms with E-state index in [1.165, 1.54) is 0 Å². The van der Waals surface area contributed by atoms with Crippen molar-refractivity contribution < 1.29 is 5.11 Å². The van der Waals surface area contributed by atoms with E-state index in [1.54, 1.807) is 0 Å². The molecule has 0 bridgehead atoms. The van der Waals surface area contributed by atoms with Crippen molar-refractivity contribution in [2.75, 3.05) is 33.3 Å². The van der Waals surface area contributed by atoms with Crippen LogP contribution in [0.3, 0.4) is 0 Å². The summed E-state index contributed by atoms with van der Waals surface area (Å²) in [6.07, 6.45) is 2.08. The normalized spacial score (nSPS) is 27.9. The van der Waals surface area contributed by atoms with Crippen LogP contribution in [0.5, 0.6) is 0 Å². The minimum absolute atomic E-state index is 0.0888. The summed E-state index contributed by atoms with van der Waals surface area (Å²) in [5.74, 6) is 0. The van der Waals surface area contributed by atoms with Crippen LogP contribution in [0.2, 0.25) is 0 Å². The number of nitrogens with two attached hydrogens (primary N) is 1. The fraction of sp³-hybridized carbons (Fsp3) is 1.00. The van der Waals surface area contributed by atoms with E-state index in [1.807, 2.05) is 0 Å². The predicted molar refractivity (Wildman–Crippen MR) is 67.4 cm³/mol. The molecule has 0 aliphatic carbocycles. The van der Waals surface area contributed by atoms with Crippen LogP contribution in [0.25, 0.3) is 0 Å². The van der Waals surface area contributed by atoms with E-state index in [-0.39, 0.29) is 18.7 Å². The van der Waals surface area contributed by atoms with Crippen molar-refractivity contribution in [3.63, 3.8) is 0 Å². The van der Waals surface area contributed by atoms with Gasteiger partial charge in [-0.15, -0.1) is 0 Å². The maximum absolute atomic E-state index is 9.47. The van der Waals surface area contributed by atoms with E-state index < -0.39 is 0 Å². The third kappa shape index (κ3) is 3.17. The molecule has 0 radical (unpaired) electrons. The van der Waals surface area contributed by atoms with Crippen LogP contribution in [0, 0.1) is 0 Å². The van der Waals surface area contributed by atoms with Gasteiger partial charge in [0.2, 0.25) is 0 Å². The largest absolute Gasteiger partial charge is 0.395 e. The summed E-state index contributed by atoms with van der Waals surface area (Å²) in [5, 5.41) is 9.47. The molecule has 4 heteroatoms. The second-order valence-electron chi connectivity index (χ2n) is 4.86. The van der Waals surface area contributed by atoms with Crippen LogP contribution < -0.4 is 5.73 Å². The van der Waals surface area contributed by atoms with Crippen LogP contribution >= 0.6 is 0 Å². The van der Waals surface area contributed by atoms with Gasteiger partial charge in [-0.2, -0.15) is 0 Å². The molecule has 4 nitrogen and oxygen atoms in total. The van der Waals surface area contributed by atoms with Crippen molar-refractivity contribution in [1.29, 1.82) is 0 Å². The van der Waals surface area contributed by atoms with E-state index in [2.05, 4.69) is 30.7 Å². The lowest BCUT2D eigenvalue weighted by molar-refractivity contribution is 0.0295. The first-order valence-corrected chi connectivity index (χ1v) is 6.44. The zero-order valence-corrected chi connectivity index (χ0v) is 10.9. The van der Waals surface area contributed by atoms with Gasteiger partial charge in [0.05, 0.1) is 6.61 Å². The Morgan fingerprint density at radius 3 is 2.56 bits per heavy atom. The Morgan fingerprint density at radius 2 is 2.06 bits per heavy atom. The minimum Gasteiger partial charge on any atom is -0.395 e. The van der Waals surface area contributed by atoms with Crippen LogP contribution in [0.4, 0.5) is 0 Å². The molecule has 0 spiro atoms. The van der Waals surface area contributed by atoms with Crippen molar-refractivity contribution in [2.45, 2.75) is 44.8 Å². The molecule has 1 aliphatic rings. The second kappa shape index (κ2) is 6.55. The van der Waals surface area contributed by atoms with Gasteiger partial charge in [-0.1, -0.05) is 13.8 Å². The summed E-state index contributed by atoms with van der Waals surface area (Å²) in [7, 11) is 2.18. The molecular weight excluding hydrogens is 202 g/mol. The molecule has 1 heterocycles. The standard InChI is InChI=1S/C12H27N3O/c1-4-10-8-15(7-6-14(10)3)12(9-16)11(13)5-2/h10-12,16H,4-9,13H2,1-3H3. The van der Waals surface area contributed by atoms with Gasteiger partial charge in [0, 0.05) is 37.8 Å². The van der Waals surface area contributed by atoms with Crippen molar-refractivity contribution >= 4 is 0 Å². The van der Waals surface area contributed by atoms with Gasteiger partial charge in [0.25, 0.3) is 0 Å². The highest BCUT2D eigenvalue weighted by molar-refractivity contribution is 4.87. The number of aliphatic hydroxyl groups is 1. The molecule has 1 fully saturated rings. The molecule has 1 rings (SSSR count). The Bertz CT molecular complexity index is 201. The zero-order valence-electron chi connectivity index (χ0n) is 10.9. The predicted octanol–water partition coefficient (Wildman–Crippen LogP) is 0.111. The molecule has 16 heavy (non-hydrogen) atoms. The van der Waals surface area contributed by atoms with Gasteiger partial charge in [0.1, 0.15) is 0 Å². The highest BCUT2D eigenvalue weighted by Crippen LogP contribution is 2.15. The Morgan fingerprint density at radius 1 is 1.38 bits per heavy atom. The van der Waals surface area contributed by atoms with Gasteiger partial charge in [-0.25, -0.2) is 0 Å². The number of hydrogen-bond acceptors (Lipinski definition) is 4. The Labute approximate surface area is 99.4 Å². The molecule has 0 saturated carbocycles. The van der Waals surface area contributed by atoms with Gasteiger partial charge in [-0.05, 0) is 19.9 Å². The molecule has 3 N–H and O–H groups in total. The highest BCUT2D eigenvalue weighted by atomic mass is 16.3. The lowest BCUT2D eigenvalue weighted by atomic mass is 10.0. The lowest BCUT2D eigenvalue weighted by Crippen LogP contribution is -2.59. The summed E-state index contributed by atoms with van der Waals surface area (Å²) in [6.45, 7) is 7.61. The first-order chi connectivity index (χ1) is 7.63. The quantitative estimate of drug-likeness (QED) is 0.702. The van der Waals surface area contributed by atoms with Gasteiger partial charge in [-0.3, -0.25) is 4.90 Å². The molecule has 1 aliphatic heterocycles. The number of aliphatic hydroxyl groups excluding tert-OH is 1. The van der Waals surface area contributed by atoms with Crippen molar-refractivity contribution in [2.24, 2.45) is 5.73 Å². The summed E-state index contributed by atoms with van der Waals surface area (Å²) in [5.41, 5.74) is 6.06. The Hall–Kier alpha value is -0.160. The third-order valence-electron chi connectivity index (χ3n) is 3.90. The van der Waals surface area contributed by atoms with Gasteiger partial charge >= 0.3 is 0 Å². The molecule has 1 saturated heterocycles. The first-order valence-electron chi connectivity index (χ1n) is 6.44. The van der Waals surface area contributed by atoms with E-state index >= 15 is 0 Å². The van der Waals surface area contributed by atoms with Gasteiger partial charge < -0.3 is 15.7 Å². The van der Waals surface area contributed by atoms with Crippen molar-refractivity contribution in [1.82, 2.24) is 9.80 Å². The summed E-state index contributed by atoms with van der Waals surface area (Å²) in [4.78, 5) is 4.77. The highest BCUT2D eigenvalue weighted by Gasteiger charge is 2.30. The first kappa shape index (κ1) is 13.9. The van der Waals surface area contributed by atoms with Crippen molar-refractivity contribution in [3.05, 3.63) is 0 Å². The average molecular weight is 229 g/mol. The molecule has 3 atom stereocenters. The number of nitrogens with zero attached hydrogens (tertiary/aromatic N) is 2. The van der Waals surface area contributed by atoms with E-state index in [0.29, 0.717) is 6.04 Å². The maximum Gasteiger partial charge on any atom is 0.0601 e. The maximum atomic E-state index is 9.47. The molecule has 0 aromatic carbocycles. The minimum atomic E-state index is 0.0888. The summed E-state index contributed by atoms with van der Waals surface area (Å²) in [6, 6.07) is 0.825. The number of piperazine rings is 1.